The summed E-state index contributed by atoms with van der Waals surface area (Å²) in [5, 5.41) is 11.2. The number of allylic oxidation sites excluding steroid dienone is 3. The Morgan fingerprint density at radius 3 is 2.71 bits per heavy atom. The first-order valence-electron chi connectivity index (χ1n) is 11.1. The van der Waals surface area contributed by atoms with Crippen LogP contribution in [0.15, 0.2) is 70.2 Å². The van der Waals surface area contributed by atoms with Gasteiger partial charge in [-0.2, -0.15) is 9.83 Å². The minimum atomic E-state index is 0.894. The Labute approximate surface area is 209 Å². The third kappa shape index (κ3) is 4.84. The van der Waals surface area contributed by atoms with Gasteiger partial charge in [0.2, 0.25) is 5.52 Å². The summed E-state index contributed by atoms with van der Waals surface area (Å²) in [7, 11) is 0. The van der Waals surface area contributed by atoms with Crippen LogP contribution in [0.4, 0.5) is 5.69 Å². The molecule has 0 saturated carbocycles. The Kier molecular flexibility index (Phi) is 7.33. The van der Waals surface area contributed by atoms with Crippen molar-refractivity contribution in [2.45, 2.75) is 32.2 Å². The maximum absolute atomic E-state index is 8.81. The fourth-order valence-corrected chi connectivity index (χ4v) is 6.58. The van der Waals surface area contributed by atoms with Crippen molar-refractivity contribution >= 4 is 57.2 Å². The first-order chi connectivity index (χ1) is 16.6. The lowest BCUT2D eigenvalue weighted by Gasteiger charge is -2.18. The van der Waals surface area contributed by atoms with E-state index in [1.807, 2.05) is 12.2 Å². The average molecular weight is 482 g/mol. The number of anilines is 1. The molecule has 34 heavy (non-hydrogen) atoms. The van der Waals surface area contributed by atoms with Crippen LogP contribution in [0.2, 0.25) is 0 Å². The van der Waals surface area contributed by atoms with E-state index in [1.54, 1.807) is 23.1 Å². The van der Waals surface area contributed by atoms with Gasteiger partial charge < -0.3 is 4.90 Å². The van der Waals surface area contributed by atoms with E-state index < -0.39 is 0 Å². The minimum Gasteiger partial charge on any atom is -0.335 e. The second-order valence-electron chi connectivity index (χ2n) is 7.76. The predicted molar refractivity (Wildman–Crippen MR) is 145 cm³/mol. The molecule has 0 unspecified atom stereocenters. The molecule has 0 radical (unpaired) electrons. The van der Waals surface area contributed by atoms with Gasteiger partial charge in [-0.3, -0.25) is 0 Å². The summed E-state index contributed by atoms with van der Waals surface area (Å²) in [6.07, 6.45) is 11.2. The van der Waals surface area contributed by atoms with Crippen LogP contribution >= 0.6 is 23.1 Å². The van der Waals surface area contributed by atoms with Crippen molar-refractivity contribution in [1.29, 1.82) is 5.26 Å². The molecular weight excluding hydrogens is 456 g/mol. The Bertz CT molecular complexity index is 1440. The smallest absolute Gasteiger partial charge is 0.262 e. The van der Waals surface area contributed by atoms with E-state index in [0.717, 1.165) is 24.2 Å². The number of hydrogen-bond donors (Lipinski definition) is 0. The molecule has 1 aliphatic heterocycles. The van der Waals surface area contributed by atoms with Crippen molar-refractivity contribution in [3.8, 4) is 6.07 Å². The van der Waals surface area contributed by atoms with Gasteiger partial charge in [-0.05, 0) is 73.9 Å². The highest BCUT2D eigenvalue weighted by Gasteiger charge is 2.24. The number of thiazole rings is 1. The molecule has 0 atom stereocenters. The number of nitrogens with zero attached hydrogens (tertiary/aromatic N) is 4. The maximum Gasteiger partial charge on any atom is 0.262 e. The minimum absolute atomic E-state index is 0.894. The van der Waals surface area contributed by atoms with Crippen molar-refractivity contribution < 1.29 is 4.57 Å². The van der Waals surface area contributed by atoms with Crippen LogP contribution in [-0.2, 0) is 6.54 Å². The predicted octanol–water partition coefficient (Wildman–Crippen LogP) is 7.51. The molecule has 2 aromatic carbocycles. The van der Waals surface area contributed by atoms with Crippen LogP contribution in [0.5, 0.6) is 0 Å². The number of hydrogen-bond acceptors (Lipinski definition) is 4. The highest BCUT2D eigenvalue weighted by atomic mass is 32.2. The fourth-order valence-electron chi connectivity index (χ4n) is 4.01. The summed E-state index contributed by atoms with van der Waals surface area (Å²) >= 11 is 3.55. The number of thioether (sulfide) groups is 1. The van der Waals surface area contributed by atoms with Crippen molar-refractivity contribution in [2.24, 2.45) is 0 Å². The Morgan fingerprint density at radius 2 is 1.97 bits per heavy atom. The number of benzene rings is 2. The zero-order chi connectivity index (χ0) is 24.1. The number of aryl methyl sites for hydroxylation is 1. The molecule has 3 aromatic rings. The third-order valence-electron chi connectivity index (χ3n) is 5.54. The maximum atomic E-state index is 8.81. The Balaban J connectivity index is 1.67. The van der Waals surface area contributed by atoms with Crippen LogP contribution in [0.1, 0.15) is 36.9 Å². The molecule has 4 rings (SSSR count). The lowest BCUT2D eigenvalue weighted by atomic mass is 10.2. The van der Waals surface area contributed by atoms with Gasteiger partial charge in [-0.15, -0.1) is 0 Å². The summed E-state index contributed by atoms with van der Waals surface area (Å²) in [5.41, 5.74) is 5.71. The van der Waals surface area contributed by atoms with Crippen molar-refractivity contribution in [2.75, 3.05) is 11.4 Å². The second-order valence-corrected chi connectivity index (χ2v) is 9.89. The SMILES string of the molecule is [C-]#[N+]/C=C/c1ccc2c(c1)sc(/C=C(C)/C=C1/Sc3cc(/C=C/C#N)ccc3N1CC)[n+]2CC. The molecule has 1 aliphatic rings. The Morgan fingerprint density at radius 1 is 1.18 bits per heavy atom. The van der Waals surface area contributed by atoms with Crippen LogP contribution in [0.25, 0.3) is 33.3 Å². The van der Waals surface area contributed by atoms with E-state index in [0.29, 0.717) is 0 Å². The van der Waals surface area contributed by atoms with E-state index in [9.17, 15) is 0 Å². The quantitative estimate of drug-likeness (QED) is 0.208. The third-order valence-corrected chi connectivity index (χ3v) is 7.73. The van der Waals surface area contributed by atoms with E-state index in [-0.39, 0.29) is 0 Å². The van der Waals surface area contributed by atoms with Crippen LogP contribution in [-0.4, -0.2) is 6.54 Å². The van der Waals surface area contributed by atoms with Crippen molar-refractivity contribution in [3.63, 3.8) is 0 Å². The van der Waals surface area contributed by atoms with Gasteiger partial charge in [0, 0.05) is 29.7 Å². The number of nitriles is 1. The molecule has 0 saturated heterocycles. The first-order valence-corrected chi connectivity index (χ1v) is 12.8. The van der Waals surface area contributed by atoms with Crippen molar-refractivity contribution in [3.05, 3.63) is 92.9 Å². The molecule has 0 amide bonds. The van der Waals surface area contributed by atoms with Gasteiger partial charge in [-0.1, -0.05) is 35.2 Å². The summed E-state index contributed by atoms with van der Waals surface area (Å²) in [5.74, 6) is 0. The van der Waals surface area contributed by atoms with Gasteiger partial charge in [0.25, 0.3) is 5.01 Å². The molecule has 4 nitrogen and oxygen atoms in total. The van der Waals surface area contributed by atoms with Gasteiger partial charge in [0.1, 0.15) is 11.2 Å². The molecular formula is C28H25N4S2+. The molecule has 168 valence electrons. The molecule has 6 heteroatoms. The van der Waals surface area contributed by atoms with Crippen LogP contribution < -0.4 is 9.47 Å². The molecule has 0 aliphatic carbocycles. The average Bonchev–Trinajstić information content (AvgIpc) is 3.36. The molecule has 0 N–H and O–H groups in total. The summed E-state index contributed by atoms with van der Waals surface area (Å²) in [6.45, 7) is 15.2. The zero-order valence-electron chi connectivity index (χ0n) is 19.4. The largest absolute Gasteiger partial charge is 0.335 e. The first kappa shape index (κ1) is 23.6. The topological polar surface area (TPSA) is 35.3 Å². The highest BCUT2D eigenvalue weighted by molar-refractivity contribution is 8.03. The normalized spacial score (nSPS) is 14.9. The van der Waals surface area contributed by atoms with E-state index in [1.165, 1.54) is 48.7 Å². The summed E-state index contributed by atoms with van der Waals surface area (Å²) in [4.78, 5) is 6.87. The molecule has 1 aromatic heterocycles. The standard InChI is InChI=1S/C28H25N4S2/c1-5-31-23-11-9-21(8-7-14-29)18-25(23)33-27(31)16-20(3)17-28-32(6-2)24-12-10-22(13-15-30-4)19-26(24)34-28/h7-13,15-19H,5-6H2,1-3H3/q+1/b8-7+,15-13+. The lowest BCUT2D eigenvalue weighted by Crippen LogP contribution is -2.33. The molecule has 0 spiro atoms. The number of rotatable bonds is 6. The van der Waals surface area contributed by atoms with Crippen LogP contribution in [0.3, 0.4) is 0 Å². The molecule has 0 bridgehead atoms. The Hall–Kier alpha value is -3.58. The van der Waals surface area contributed by atoms with E-state index >= 15 is 0 Å². The van der Waals surface area contributed by atoms with Crippen LogP contribution in [0, 0.1) is 17.9 Å². The molecule has 2 heterocycles. The van der Waals surface area contributed by atoms with Gasteiger partial charge >= 0.3 is 0 Å². The monoisotopic (exact) mass is 481 g/mol. The van der Waals surface area contributed by atoms with Crippen molar-refractivity contribution in [1.82, 2.24) is 0 Å². The van der Waals surface area contributed by atoms with Gasteiger partial charge in [-0.25, -0.2) is 4.85 Å². The van der Waals surface area contributed by atoms with Gasteiger partial charge in [0.05, 0.1) is 23.4 Å². The van der Waals surface area contributed by atoms with Gasteiger partial charge in [0.15, 0.2) is 6.20 Å². The number of aromatic nitrogens is 1. The summed E-state index contributed by atoms with van der Waals surface area (Å²) < 4.78 is 3.56. The second kappa shape index (κ2) is 10.6. The highest BCUT2D eigenvalue weighted by Crippen LogP contribution is 2.46. The number of fused-ring (bicyclic) bond motifs is 2. The lowest BCUT2D eigenvalue weighted by molar-refractivity contribution is -0.665. The van der Waals surface area contributed by atoms with E-state index in [2.05, 4.69) is 89.7 Å². The zero-order valence-corrected chi connectivity index (χ0v) is 21.1. The molecule has 0 fully saturated rings. The fraction of sp³-hybridized carbons (Fsp3) is 0.179. The van der Waals surface area contributed by atoms with E-state index in [4.69, 9.17) is 11.8 Å². The summed E-state index contributed by atoms with van der Waals surface area (Å²) in [6, 6.07) is 14.8.